The van der Waals surface area contributed by atoms with E-state index in [9.17, 15) is 0 Å². The smallest absolute Gasteiger partial charge is 0.00367 e. The molecule has 0 fully saturated rings. The van der Waals surface area contributed by atoms with Gasteiger partial charge in [-0.2, -0.15) is 0 Å². The zero-order chi connectivity index (χ0) is 13.1. The van der Waals surface area contributed by atoms with Crippen LogP contribution in [0.15, 0.2) is 24.3 Å². The molecular formula is C16H27N. The van der Waals surface area contributed by atoms with Crippen molar-refractivity contribution in [3.8, 4) is 0 Å². The van der Waals surface area contributed by atoms with E-state index in [2.05, 4.69) is 58.9 Å². The maximum atomic E-state index is 5.57. The molecule has 0 saturated carbocycles. The van der Waals surface area contributed by atoms with Gasteiger partial charge in [-0.05, 0) is 41.3 Å². The van der Waals surface area contributed by atoms with E-state index >= 15 is 0 Å². The van der Waals surface area contributed by atoms with Crippen molar-refractivity contribution in [1.82, 2.24) is 0 Å². The molecule has 1 nitrogen and oxygen atoms in total. The lowest BCUT2D eigenvalue weighted by Crippen LogP contribution is -2.24. The van der Waals surface area contributed by atoms with Crippen molar-refractivity contribution in [3.63, 3.8) is 0 Å². The summed E-state index contributed by atoms with van der Waals surface area (Å²) >= 11 is 0. The summed E-state index contributed by atoms with van der Waals surface area (Å²) < 4.78 is 0. The van der Waals surface area contributed by atoms with Crippen LogP contribution in [0.3, 0.4) is 0 Å². The second-order valence-electron chi connectivity index (χ2n) is 6.86. The number of benzene rings is 1. The Hall–Kier alpha value is -0.820. The van der Waals surface area contributed by atoms with Gasteiger partial charge in [0.2, 0.25) is 0 Å². The van der Waals surface area contributed by atoms with E-state index in [-0.39, 0.29) is 5.41 Å². The van der Waals surface area contributed by atoms with Crippen LogP contribution in [0, 0.1) is 5.41 Å². The van der Waals surface area contributed by atoms with Crippen LogP contribution >= 0.6 is 0 Å². The van der Waals surface area contributed by atoms with Gasteiger partial charge in [-0.3, -0.25) is 0 Å². The van der Waals surface area contributed by atoms with Crippen molar-refractivity contribution < 1.29 is 0 Å². The second kappa shape index (κ2) is 5.22. The summed E-state index contributed by atoms with van der Waals surface area (Å²) in [5.41, 5.74) is 8.92. The first-order valence-electron chi connectivity index (χ1n) is 6.54. The van der Waals surface area contributed by atoms with Crippen LogP contribution in [0.4, 0.5) is 0 Å². The molecule has 0 unspecified atom stereocenters. The third kappa shape index (κ3) is 4.51. The standard InChI is InChI=1S/C16H27N/c1-15(2,3)12-16(4,5)14-8-6-13(7-9-14)10-11-17/h6-9H,10-12,17H2,1-5H3. The van der Waals surface area contributed by atoms with E-state index in [1.807, 2.05) is 0 Å². The van der Waals surface area contributed by atoms with Gasteiger partial charge in [-0.1, -0.05) is 58.9 Å². The Balaban J connectivity index is 2.84. The Morgan fingerprint density at radius 3 is 1.88 bits per heavy atom. The van der Waals surface area contributed by atoms with Gasteiger partial charge in [-0.15, -0.1) is 0 Å². The molecule has 0 aliphatic carbocycles. The molecular weight excluding hydrogens is 206 g/mol. The molecule has 96 valence electrons. The van der Waals surface area contributed by atoms with Gasteiger partial charge in [0.1, 0.15) is 0 Å². The van der Waals surface area contributed by atoms with E-state index in [0.29, 0.717) is 5.41 Å². The van der Waals surface area contributed by atoms with Gasteiger partial charge in [0.05, 0.1) is 0 Å². The molecule has 0 saturated heterocycles. The molecule has 0 heterocycles. The molecule has 1 aromatic carbocycles. The summed E-state index contributed by atoms with van der Waals surface area (Å²) in [6.45, 7) is 12.3. The van der Waals surface area contributed by atoms with Crippen LogP contribution in [-0.2, 0) is 11.8 Å². The lowest BCUT2D eigenvalue weighted by atomic mass is 9.72. The van der Waals surface area contributed by atoms with Gasteiger partial charge in [0.15, 0.2) is 0 Å². The minimum atomic E-state index is 0.236. The van der Waals surface area contributed by atoms with Crippen molar-refractivity contribution in [2.45, 2.75) is 52.9 Å². The molecule has 0 bridgehead atoms. The molecule has 1 heteroatoms. The largest absolute Gasteiger partial charge is 0.330 e. The number of nitrogens with two attached hydrogens (primary N) is 1. The van der Waals surface area contributed by atoms with E-state index < -0.39 is 0 Å². The third-order valence-corrected chi connectivity index (χ3v) is 3.14. The van der Waals surface area contributed by atoms with Crippen LogP contribution in [0.2, 0.25) is 0 Å². The Morgan fingerprint density at radius 1 is 0.941 bits per heavy atom. The summed E-state index contributed by atoms with van der Waals surface area (Å²) in [6.07, 6.45) is 2.16. The molecule has 17 heavy (non-hydrogen) atoms. The predicted molar refractivity (Wildman–Crippen MR) is 76.3 cm³/mol. The summed E-state index contributed by atoms with van der Waals surface area (Å²) in [5.74, 6) is 0. The van der Waals surface area contributed by atoms with Crippen molar-refractivity contribution in [3.05, 3.63) is 35.4 Å². The predicted octanol–water partition coefficient (Wildman–Crippen LogP) is 3.90. The summed E-state index contributed by atoms with van der Waals surface area (Å²) in [7, 11) is 0. The average molecular weight is 233 g/mol. The van der Waals surface area contributed by atoms with Gasteiger partial charge in [-0.25, -0.2) is 0 Å². The lowest BCUT2D eigenvalue weighted by Gasteiger charge is -2.33. The minimum Gasteiger partial charge on any atom is -0.330 e. The molecule has 2 N–H and O–H groups in total. The quantitative estimate of drug-likeness (QED) is 0.838. The third-order valence-electron chi connectivity index (χ3n) is 3.14. The van der Waals surface area contributed by atoms with Crippen LogP contribution in [0.25, 0.3) is 0 Å². The minimum absolute atomic E-state index is 0.236. The molecule has 0 radical (unpaired) electrons. The van der Waals surface area contributed by atoms with Crippen molar-refractivity contribution in [2.75, 3.05) is 6.54 Å². The van der Waals surface area contributed by atoms with Crippen LogP contribution in [-0.4, -0.2) is 6.54 Å². The molecule has 0 aromatic heterocycles. The highest BCUT2D eigenvalue weighted by atomic mass is 14.5. The second-order valence-corrected chi connectivity index (χ2v) is 6.86. The van der Waals surface area contributed by atoms with E-state index in [0.717, 1.165) is 13.0 Å². The van der Waals surface area contributed by atoms with E-state index in [4.69, 9.17) is 5.73 Å². The van der Waals surface area contributed by atoms with E-state index in [1.54, 1.807) is 0 Å². The SMILES string of the molecule is CC(C)(C)CC(C)(C)c1ccc(CCN)cc1. The van der Waals surface area contributed by atoms with Crippen LogP contribution in [0.5, 0.6) is 0 Å². The normalized spacial score (nSPS) is 12.8. The van der Waals surface area contributed by atoms with Crippen molar-refractivity contribution >= 4 is 0 Å². The Bertz CT molecular complexity index is 341. The maximum absolute atomic E-state index is 5.57. The maximum Gasteiger partial charge on any atom is -0.00367 e. The zero-order valence-electron chi connectivity index (χ0n) is 12.0. The van der Waals surface area contributed by atoms with Gasteiger partial charge in [0, 0.05) is 0 Å². The molecule has 0 aliphatic heterocycles. The topological polar surface area (TPSA) is 26.0 Å². The van der Waals surface area contributed by atoms with Gasteiger partial charge in [0.25, 0.3) is 0 Å². The zero-order valence-corrected chi connectivity index (χ0v) is 12.0. The highest BCUT2D eigenvalue weighted by Crippen LogP contribution is 2.36. The van der Waals surface area contributed by atoms with Gasteiger partial charge >= 0.3 is 0 Å². The lowest BCUT2D eigenvalue weighted by molar-refractivity contribution is 0.284. The fraction of sp³-hybridized carbons (Fsp3) is 0.625. The summed E-state index contributed by atoms with van der Waals surface area (Å²) in [5, 5.41) is 0. The number of rotatable bonds is 4. The first kappa shape index (κ1) is 14.2. The molecule has 0 spiro atoms. The van der Waals surface area contributed by atoms with Gasteiger partial charge < -0.3 is 5.73 Å². The Morgan fingerprint density at radius 2 is 1.47 bits per heavy atom. The number of hydrogen-bond donors (Lipinski definition) is 1. The van der Waals surface area contributed by atoms with Crippen molar-refractivity contribution in [2.24, 2.45) is 11.1 Å². The molecule has 0 atom stereocenters. The first-order chi connectivity index (χ1) is 7.74. The summed E-state index contributed by atoms with van der Waals surface area (Å²) in [4.78, 5) is 0. The monoisotopic (exact) mass is 233 g/mol. The van der Waals surface area contributed by atoms with E-state index in [1.165, 1.54) is 17.5 Å². The molecule has 1 rings (SSSR count). The molecule has 0 amide bonds. The highest BCUT2D eigenvalue weighted by molar-refractivity contribution is 5.28. The number of hydrogen-bond acceptors (Lipinski definition) is 1. The first-order valence-corrected chi connectivity index (χ1v) is 6.54. The Labute approximate surface area is 106 Å². The Kier molecular flexibility index (Phi) is 4.37. The fourth-order valence-corrected chi connectivity index (χ4v) is 2.72. The molecule has 1 aromatic rings. The molecule has 0 aliphatic rings. The van der Waals surface area contributed by atoms with Crippen LogP contribution < -0.4 is 5.73 Å². The summed E-state index contributed by atoms with van der Waals surface area (Å²) in [6, 6.07) is 8.95. The van der Waals surface area contributed by atoms with Crippen LogP contribution in [0.1, 0.15) is 52.2 Å². The average Bonchev–Trinajstić information content (AvgIpc) is 2.15. The fourth-order valence-electron chi connectivity index (χ4n) is 2.72. The van der Waals surface area contributed by atoms with Crippen molar-refractivity contribution in [1.29, 1.82) is 0 Å². The highest BCUT2D eigenvalue weighted by Gasteiger charge is 2.26.